The molecule has 0 aromatic rings. The van der Waals surface area contributed by atoms with Crippen LogP contribution in [0, 0.1) is 0 Å². The van der Waals surface area contributed by atoms with Crippen LogP contribution in [0.15, 0.2) is 29.3 Å². The van der Waals surface area contributed by atoms with E-state index in [0.717, 1.165) is 23.9 Å². The van der Waals surface area contributed by atoms with Crippen molar-refractivity contribution in [2.45, 2.75) is 51.1 Å². The van der Waals surface area contributed by atoms with Crippen molar-refractivity contribution < 1.29 is 0 Å². The molecule has 0 radical (unpaired) electrons. The number of hydrogen-bond acceptors (Lipinski definition) is 2. The van der Waals surface area contributed by atoms with Gasteiger partial charge in [-0.15, -0.1) is 0 Å². The second-order valence-corrected chi connectivity index (χ2v) is 5.52. The van der Waals surface area contributed by atoms with Crippen molar-refractivity contribution in [3.8, 4) is 0 Å². The lowest BCUT2D eigenvalue weighted by Gasteiger charge is -2.33. The zero-order valence-corrected chi connectivity index (χ0v) is 12.9. The Morgan fingerprint density at radius 1 is 1.32 bits per heavy atom. The van der Waals surface area contributed by atoms with E-state index in [4.69, 9.17) is 0 Å². The molecule has 108 valence electrons. The van der Waals surface area contributed by atoms with Crippen LogP contribution in [0.3, 0.4) is 0 Å². The van der Waals surface area contributed by atoms with Crippen molar-refractivity contribution in [3.63, 3.8) is 0 Å². The average molecular weight is 263 g/mol. The molecule has 0 atom stereocenters. The maximum Gasteiger partial charge on any atom is 0.127 e. The largest absolute Gasteiger partial charge is 0.367 e. The van der Waals surface area contributed by atoms with Crippen molar-refractivity contribution in [2.24, 2.45) is 4.99 Å². The summed E-state index contributed by atoms with van der Waals surface area (Å²) in [5, 5.41) is 3.55. The van der Waals surface area contributed by atoms with Gasteiger partial charge in [-0.05, 0) is 46.2 Å². The molecule has 1 fully saturated rings. The molecule has 3 nitrogen and oxygen atoms in total. The van der Waals surface area contributed by atoms with Gasteiger partial charge in [-0.25, -0.2) is 0 Å². The molecule has 0 bridgehead atoms. The quantitative estimate of drug-likeness (QED) is 0.469. The van der Waals surface area contributed by atoms with Crippen LogP contribution >= 0.6 is 0 Å². The van der Waals surface area contributed by atoms with Crippen LogP contribution in [0.1, 0.15) is 39.0 Å². The Morgan fingerprint density at radius 2 is 1.95 bits per heavy atom. The van der Waals surface area contributed by atoms with Gasteiger partial charge in [0, 0.05) is 24.7 Å². The number of allylic oxidation sites excluding steroid dienone is 1. The Labute approximate surface area is 118 Å². The monoisotopic (exact) mass is 263 g/mol. The third-order valence-corrected chi connectivity index (χ3v) is 3.85. The molecule has 0 aliphatic heterocycles. The maximum atomic E-state index is 4.33. The van der Waals surface area contributed by atoms with Crippen LogP contribution in [0.4, 0.5) is 0 Å². The summed E-state index contributed by atoms with van der Waals surface area (Å²) >= 11 is 0. The van der Waals surface area contributed by atoms with E-state index in [0.29, 0.717) is 6.04 Å². The molecular weight excluding hydrogens is 234 g/mol. The van der Waals surface area contributed by atoms with E-state index >= 15 is 0 Å². The standard InChI is InChI=1S/C16H29N3/c1-6-7-8-13(2)16(17-3)18-14-9-11-15(12-10-14)19(4)5/h7-8,14-15H,2,6,9-12H2,1,3-5H3,(H,17,18). The van der Waals surface area contributed by atoms with E-state index in [2.05, 4.69) is 55.0 Å². The fraction of sp³-hybridized carbons (Fsp3) is 0.688. The molecule has 1 aliphatic carbocycles. The summed E-state index contributed by atoms with van der Waals surface area (Å²) in [5.41, 5.74) is 0.985. The molecule has 0 spiro atoms. The molecule has 0 saturated heterocycles. The molecule has 0 amide bonds. The summed E-state index contributed by atoms with van der Waals surface area (Å²) < 4.78 is 0. The summed E-state index contributed by atoms with van der Waals surface area (Å²) in [7, 11) is 6.18. The molecule has 0 unspecified atom stereocenters. The summed E-state index contributed by atoms with van der Waals surface area (Å²) in [4.78, 5) is 6.67. The number of aliphatic imine (C=N–C) groups is 1. The van der Waals surface area contributed by atoms with Gasteiger partial charge in [-0.1, -0.05) is 25.7 Å². The zero-order chi connectivity index (χ0) is 14.3. The van der Waals surface area contributed by atoms with E-state index < -0.39 is 0 Å². The van der Waals surface area contributed by atoms with Gasteiger partial charge in [0.15, 0.2) is 0 Å². The minimum Gasteiger partial charge on any atom is -0.367 e. The predicted octanol–water partition coefficient (Wildman–Crippen LogP) is 3.00. The second-order valence-electron chi connectivity index (χ2n) is 5.52. The summed E-state index contributed by atoms with van der Waals surface area (Å²) in [6.07, 6.45) is 10.2. The normalized spacial score (nSPS) is 25.0. The highest BCUT2D eigenvalue weighted by Crippen LogP contribution is 2.21. The van der Waals surface area contributed by atoms with Crippen LogP contribution in [0.5, 0.6) is 0 Å². The van der Waals surface area contributed by atoms with Crippen molar-refractivity contribution >= 4 is 5.84 Å². The van der Waals surface area contributed by atoms with Crippen LogP contribution in [0.2, 0.25) is 0 Å². The van der Waals surface area contributed by atoms with Gasteiger partial charge in [0.1, 0.15) is 5.84 Å². The van der Waals surface area contributed by atoms with Crippen LogP contribution in [-0.2, 0) is 0 Å². The van der Waals surface area contributed by atoms with Crippen molar-refractivity contribution in [3.05, 3.63) is 24.3 Å². The minimum absolute atomic E-state index is 0.543. The van der Waals surface area contributed by atoms with E-state index in [1.54, 1.807) is 0 Å². The Hall–Kier alpha value is -1.09. The first-order valence-electron chi connectivity index (χ1n) is 7.34. The van der Waals surface area contributed by atoms with E-state index in [1.807, 2.05) is 7.05 Å². The zero-order valence-electron chi connectivity index (χ0n) is 12.9. The predicted molar refractivity (Wildman–Crippen MR) is 84.8 cm³/mol. The fourth-order valence-corrected chi connectivity index (χ4v) is 2.57. The molecule has 19 heavy (non-hydrogen) atoms. The van der Waals surface area contributed by atoms with Gasteiger partial charge in [0.05, 0.1) is 0 Å². The van der Waals surface area contributed by atoms with Gasteiger partial charge in [-0.3, -0.25) is 4.99 Å². The van der Waals surface area contributed by atoms with Crippen molar-refractivity contribution in [1.29, 1.82) is 0 Å². The van der Waals surface area contributed by atoms with Gasteiger partial charge >= 0.3 is 0 Å². The SMILES string of the molecule is C=C(C=CCC)C(=NC)NC1CCC(N(C)C)CC1. The van der Waals surface area contributed by atoms with Crippen LogP contribution in [-0.4, -0.2) is 44.0 Å². The Morgan fingerprint density at radius 3 is 2.42 bits per heavy atom. The first-order valence-corrected chi connectivity index (χ1v) is 7.34. The number of rotatable bonds is 5. The van der Waals surface area contributed by atoms with Gasteiger partial charge in [0.25, 0.3) is 0 Å². The van der Waals surface area contributed by atoms with Crippen LogP contribution < -0.4 is 5.32 Å². The molecule has 1 aliphatic rings. The van der Waals surface area contributed by atoms with E-state index in [1.165, 1.54) is 25.7 Å². The molecule has 0 aromatic heterocycles. The molecule has 1 rings (SSSR count). The Balaban J connectivity index is 2.46. The number of nitrogens with one attached hydrogen (secondary N) is 1. The molecule has 0 heterocycles. The lowest BCUT2D eigenvalue weighted by Crippen LogP contribution is -2.42. The lowest BCUT2D eigenvalue weighted by molar-refractivity contribution is 0.212. The third-order valence-electron chi connectivity index (χ3n) is 3.85. The highest BCUT2D eigenvalue weighted by Gasteiger charge is 2.22. The van der Waals surface area contributed by atoms with Crippen molar-refractivity contribution in [1.82, 2.24) is 10.2 Å². The molecule has 3 heteroatoms. The Kier molecular flexibility index (Phi) is 6.85. The number of amidine groups is 1. The van der Waals surface area contributed by atoms with Gasteiger partial charge < -0.3 is 10.2 Å². The topological polar surface area (TPSA) is 27.6 Å². The van der Waals surface area contributed by atoms with Crippen molar-refractivity contribution in [2.75, 3.05) is 21.1 Å². The molecule has 0 aromatic carbocycles. The molecule has 1 saturated carbocycles. The summed E-state index contributed by atoms with van der Waals surface area (Å²) in [6, 6.07) is 1.28. The third kappa shape index (κ3) is 5.19. The highest BCUT2D eigenvalue weighted by molar-refractivity contribution is 6.00. The first-order chi connectivity index (χ1) is 9.08. The van der Waals surface area contributed by atoms with Crippen LogP contribution in [0.25, 0.3) is 0 Å². The van der Waals surface area contributed by atoms with Gasteiger partial charge in [-0.2, -0.15) is 0 Å². The second kappa shape index (κ2) is 8.16. The summed E-state index contributed by atoms with van der Waals surface area (Å²) in [6.45, 7) is 6.21. The molecular formula is C16H29N3. The fourth-order valence-electron chi connectivity index (χ4n) is 2.57. The van der Waals surface area contributed by atoms with E-state index in [-0.39, 0.29) is 0 Å². The minimum atomic E-state index is 0.543. The Bertz CT molecular complexity index is 334. The molecule has 1 N–H and O–H groups in total. The van der Waals surface area contributed by atoms with Gasteiger partial charge in [0.2, 0.25) is 0 Å². The maximum absolute atomic E-state index is 4.33. The highest BCUT2D eigenvalue weighted by atomic mass is 15.1. The number of hydrogen-bond donors (Lipinski definition) is 1. The summed E-state index contributed by atoms with van der Waals surface area (Å²) in [5.74, 6) is 0.943. The van der Waals surface area contributed by atoms with E-state index in [9.17, 15) is 0 Å². The number of nitrogens with zero attached hydrogens (tertiary/aromatic N) is 2. The first kappa shape index (κ1) is 16.0. The lowest BCUT2D eigenvalue weighted by atomic mass is 9.90. The average Bonchev–Trinajstić information content (AvgIpc) is 2.42. The smallest absolute Gasteiger partial charge is 0.127 e.